The van der Waals surface area contributed by atoms with E-state index in [9.17, 15) is 13.2 Å². The molecule has 0 aliphatic rings. The Bertz CT molecular complexity index is 818. The van der Waals surface area contributed by atoms with E-state index in [0.29, 0.717) is 12.2 Å². The van der Waals surface area contributed by atoms with E-state index in [1.165, 1.54) is 9.87 Å². The maximum Gasteiger partial charge on any atom is 0.243 e. The predicted octanol–water partition coefficient (Wildman–Crippen LogP) is 2.90. The SMILES string of the molecule is Cc1ccc(N(C(C)C(=O)NCCCc2ccccc2)S(C)(=O)=O)cc1. The number of benzene rings is 2. The van der Waals surface area contributed by atoms with Gasteiger partial charge in [0.1, 0.15) is 6.04 Å². The summed E-state index contributed by atoms with van der Waals surface area (Å²) in [5.41, 5.74) is 2.73. The van der Waals surface area contributed by atoms with Gasteiger partial charge in [0.15, 0.2) is 0 Å². The van der Waals surface area contributed by atoms with Gasteiger partial charge in [-0.05, 0) is 44.4 Å². The summed E-state index contributed by atoms with van der Waals surface area (Å²) in [5, 5.41) is 2.84. The third kappa shape index (κ3) is 5.59. The number of amides is 1. The molecule has 0 heterocycles. The molecule has 0 bridgehead atoms. The Morgan fingerprint density at radius 3 is 2.27 bits per heavy atom. The van der Waals surface area contributed by atoms with E-state index >= 15 is 0 Å². The van der Waals surface area contributed by atoms with Gasteiger partial charge in [-0.2, -0.15) is 0 Å². The number of carbonyl (C=O) groups is 1. The zero-order valence-electron chi connectivity index (χ0n) is 15.5. The molecule has 2 aromatic carbocycles. The largest absolute Gasteiger partial charge is 0.354 e. The van der Waals surface area contributed by atoms with Gasteiger partial charge in [0.25, 0.3) is 0 Å². The maximum atomic E-state index is 12.5. The fourth-order valence-corrected chi connectivity index (χ4v) is 3.97. The lowest BCUT2D eigenvalue weighted by atomic mass is 10.1. The summed E-state index contributed by atoms with van der Waals surface area (Å²) in [7, 11) is -3.58. The highest BCUT2D eigenvalue weighted by molar-refractivity contribution is 7.92. The van der Waals surface area contributed by atoms with Crippen LogP contribution in [0.4, 0.5) is 5.69 Å². The first kappa shape index (κ1) is 20.0. The van der Waals surface area contributed by atoms with Crippen molar-refractivity contribution in [3.8, 4) is 0 Å². The highest BCUT2D eigenvalue weighted by Gasteiger charge is 2.28. The van der Waals surface area contributed by atoms with Gasteiger partial charge in [0.05, 0.1) is 11.9 Å². The Kier molecular flexibility index (Phi) is 6.80. The van der Waals surface area contributed by atoms with Crippen LogP contribution in [0.1, 0.15) is 24.5 Å². The quantitative estimate of drug-likeness (QED) is 0.723. The summed E-state index contributed by atoms with van der Waals surface area (Å²) >= 11 is 0. The minimum Gasteiger partial charge on any atom is -0.354 e. The molecule has 2 aromatic rings. The Morgan fingerprint density at radius 2 is 1.69 bits per heavy atom. The van der Waals surface area contributed by atoms with Crippen LogP contribution in [0, 0.1) is 6.92 Å². The highest BCUT2D eigenvalue weighted by atomic mass is 32.2. The topological polar surface area (TPSA) is 66.5 Å². The van der Waals surface area contributed by atoms with Crippen molar-refractivity contribution in [2.75, 3.05) is 17.1 Å². The predicted molar refractivity (Wildman–Crippen MR) is 106 cm³/mol. The summed E-state index contributed by atoms with van der Waals surface area (Å²) in [5.74, 6) is -0.302. The maximum absolute atomic E-state index is 12.5. The van der Waals surface area contributed by atoms with Crippen molar-refractivity contribution >= 4 is 21.6 Å². The van der Waals surface area contributed by atoms with Gasteiger partial charge in [-0.1, -0.05) is 48.0 Å². The fraction of sp³-hybridized carbons (Fsp3) is 0.350. The summed E-state index contributed by atoms with van der Waals surface area (Å²) < 4.78 is 25.6. The molecule has 0 aliphatic heterocycles. The average Bonchev–Trinajstić information content (AvgIpc) is 2.60. The minimum atomic E-state index is -3.58. The number of aryl methyl sites for hydroxylation is 2. The van der Waals surface area contributed by atoms with E-state index < -0.39 is 16.1 Å². The van der Waals surface area contributed by atoms with Gasteiger partial charge >= 0.3 is 0 Å². The molecule has 6 heteroatoms. The van der Waals surface area contributed by atoms with Gasteiger partial charge in [-0.15, -0.1) is 0 Å². The number of sulfonamides is 1. The molecule has 1 atom stereocenters. The number of rotatable bonds is 8. The molecule has 0 aliphatic carbocycles. The van der Waals surface area contributed by atoms with Crippen molar-refractivity contribution in [1.82, 2.24) is 5.32 Å². The Labute approximate surface area is 156 Å². The van der Waals surface area contributed by atoms with Crippen LogP contribution in [0.25, 0.3) is 0 Å². The summed E-state index contributed by atoms with van der Waals surface area (Å²) in [6, 6.07) is 16.3. The van der Waals surface area contributed by atoms with E-state index in [4.69, 9.17) is 0 Å². The van der Waals surface area contributed by atoms with Crippen molar-refractivity contribution in [2.24, 2.45) is 0 Å². The van der Waals surface area contributed by atoms with E-state index in [-0.39, 0.29) is 5.91 Å². The van der Waals surface area contributed by atoms with Crippen LogP contribution in [0.3, 0.4) is 0 Å². The van der Waals surface area contributed by atoms with Crippen molar-refractivity contribution in [3.63, 3.8) is 0 Å². The van der Waals surface area contributed by atoms with Crippen LogP contribution in [0.15, 0.2) is 54.6 Å². The third-order valence-electron chi connectivity index (χ3n) is 4.16. The van der Waals surface area contributed by atoms with E-state index in [2.05, 4.69) is 5.32 Å². The normalized spacial score (nSPS) is 12.4. The van der Waals surface area contributed by atoms with Gasteiger partial charge in [-0.25, -0.2) is 8.42 Å². The van der Waals surface area contributed by atoms with E-state index in [1.807, 2.05) is 49.4 Å². The molecule has 1 amide bonds. The monoisotopic (exact) mass is 374 g/mol. The first-order valence-electron chi connectivity index (χ1n) is 8.67. The Balaban J connectivity index is 1.98. The summed E-state index contributed by atoms with van der Waals surface area (Å²) in [4.78, 5) is 12.5. The molecule has 0 aromatic heterocycles. The number of nitrogens with one attached hydrogen (secondary N) is 1. The molecular weight excluding hydrogens is 348 g/mol. The highest BCUT2D eigenvalue weighted by Crippen LogP contribution is 2.21. The first-order valence-corrected chi connectivity index (χ1v) is 10.5. The smallest absolute Gasteiger partial charge is 0.243 e. The molecule has 26 heavy (non-hydrogen) atoms. The van der Waals surface area contributed by atoms with Crippen LogP contribution in [-0.4, -0.2) is 33.2 Å². The number of nitrogens with zero attached hydrogens (tertiary/aromatic N) is 1. The second-order valence-corrected chi connectivity index (χ2v) is 8.31. The van der Waals surface area contributed by atoms with E-state index in [1.54, 1.807) is 19.1 Å². The molecule has 140 valence electrons. The molecule has 0 saturated carbocycles. The van der Waals surface area contributed by atoms with Gasteiger partial charge in [0, 0.05) is 6.54 Å². The summed E-state index contributed by atoms with van der Waals surface area (Å²) in [6.07, 6.45) is 2.78. The molecule has 0 spiro atoms. The van der Waals surface area contributed by atoms with Crippen LogP contribution in [0.5, 0.6) is 0 Å². The Hall–Kier alpha value is -2.34. The molecule has 1 N–H and O–H groups in total. The standard InChI is InChI=1S/C20H26N2O3S/c1-16-11-13-19(14-12-16)22(26(3,24)25)17(2)20(23)21-15-7-10-18-8-5-4-6-9-18/h4-6,8-9,11-14,17H,7,10,15H2,1-3H3,(H,21,23). The van der Waals surface area contributed by atoms with Crippen molar-refractivity contribution in [3.05, 3.63) is 65.7 Å². The minimum absolute atomic E-state index is 0.302. The zero-order chi connectivity index (χ0) is 19.2. The summed E-state index contributed by atoms with van der Waals surface area (Å²) in [6.45, 7) is 4.04. The van der Waals surface area contributed by atoms with Crippen molar-refractivity contribution < 1.29 is 13.2 Å². The lowest BCUT2D eigenvalue weighted by Gasteiger charge is -2.28. The Morgan fingerprint density at radius 1 is 1.08 bits per heavy atom. The van der Waals surface area contributed by atoms with Crippen LogP contribution < -0.4 is 9.62 Å². The number of hydrogen-bond acceptors (Lipinski definition) is 3. The van der Waals surface area contributed by atoms with Crippen molar-refractivity contribution in [1.29, 1.82) is 0 Å². The lowest BCUT2D eigenvalue weighted by molar-refractivity contribution is -0.121. The van der Waals surface area contributed by atoms with E-state index in [0.717, 1.165) is 24.7 Å². The van der Waals surface area contributed by atoms with Crippen molar-refractivity contribution in [2.45, 2.75) is 32.7 Å². The lowest BCUT2D eigenvalue weighted by Crippen LogP contribution is -2.48. The van der Waals surface area contributed by atoms with Crippen LogP contribution in [-0.2, 0) is 21.2 Å². The number of anilines is 1. The second kappa shape index (κ2) is 8.85. The molecule has 0 fully saturated rings. The van der Waals surface area contributed by atoms with Crippen LogP contribution >= 0.6 is 0 Å². The van der Waals surface area contributed by atoms with Crippen LogP contribution in [0.2, 0.25) is 0 Å². The number of carbonyl (C=O) groups excluding carboxylic acids is 1. The second-order valence-electron chi connectivity index (χ2n) is 6.45. The van der Waals surface area contributed by atoms with Gasteiger partial charge in [-0.3, -0.25) is 9.10 Å². The first-order chi connectivity index (χ1) is 12.3. The molecule has 0 saturated heterocycles. The average molecular weight is 375 g/mol. The fourth-order valence-electron chi connectivity index (χ4n) is 2.80. The third-order valence-corrected chi connectivity index (χ3v) is 5.40. The van der Waals surface area contributed by atoms with Gasteiger partial charge in [0.2, 0.25) is 15.9 Å². The molecular formula is C20H26N2O3S. The zero-order valence-corrected chi connectivity index (χ0v) is 16.3. The van der Waals surface area contributed by atoms with Gasteiger partial charge < -0.3 is 5.32 Å². The molecule has 1 unspecified atom stereocenters. The number of hydrogen-bond donors (Lipinski definition) is 1. The molecule has 2 rings (SSSR count). The molecule has 0 radical (unpaired) electrons. The molecule has 5 nitrogen and oxygen atoms in total.